The molecule has 0 amide bonds. The Morgan fingerprint density at radius 3 is 2.26 bits per heavy atom. The smallest absolute Gasteiger partial charge is 0.124 e. The van der Waals surface area contributed by atoms with Gasteiger partial charge in [-0.2, -0.15) is 0 Å². The molecule has 98 valence electrons. The van der Waals surface area contributed by atoms with Crippen molar-refractivity contribution in [1.82, 2.24) is 0 Å². The standard InChI is InChI=1S/C14H8Cl4O/c15-11-3-1-2-8(9(11)6-7-19)10-4-5-12(16)14(18)13(10)17/h1-5,7H,6H2. The molecule has 0 atom stereocenters. The Bertz CT molecular complexity index is 638. The van der Waals surface area contributed by atoms with E-state index in [2.05, 4.69) is 0 Å². The molecular formula is C14H8Cl4O. The van der Waals surface area contributed by atoms with Gasteiger partial charge in [-0.25, -0.2) is 0 Å². The molecule has 0 heterocycles. The van der Waals surface area contributed by atoms with Crippen LogP contribution in [-0.2, 0) is 11.2 Å². The SMILES string of the molecule is O=CCc1c(Cl)cccc1-c1ccc(Cl)c(Cl)c1Cl. The lowest BCUT2D eigenvalue weighted by atomic mass is 9.98. The van der Waals surface area contributed by atoms with Gasteiger partial charge in [0.15, 0.2) is 0 Å². The van der Waals surface area contributed by atoms with Crippen LogP contribution in [0, 0.1) is 0 Å². The molecule has 0 saturated heterocycles. The predicted octanol–water partition coefficient (Wildman–Crippen LogP) is 5.71. The van der Waals surface area contributed by atoms with E-state index in [0.717, 1.165) is 17.4 Å². The van der Waals surface area contributed by atoms with Crippen molar-refractivity contribution in [2.45, 2.75) is 6.42 Å². The Morgan fingerprint density at radius 1 is 0.842 bits per heavy atom. The van der Waals surface area contributed by atoms with Crippen LogP contribution in [0.5, 0.6) is 0 Å². The molecule has 0 bridgehead atoms. The zero-order chi connectivity index (χ0) is 14.0. The van der Waals surface area contributed by atoms with Crippen LogP contribution in [-0.4, -0.2) is 6.29 Å². The quantitative estimate of drug-likeness (QED) is 0.519. The minimum atomic E-state index is 0.214. The molecule has 0 radical (unpaired) electrons. The third-order valence-electron chi connectivity index (χ3n) is 2.73. The van der Waals surface area contributed by atoms with Gasteiger partial charge in [0.25, 0.3) is 0 Å². The van der Waals surface area contributed by atoms with E-state index in [4.69, 9.17) is 46.4 Å². The van der Waals surface area contributed by atoms with Gasteiger partial charge in [0, 0.05) is 17.0 Å². The minimum absolute atomic E-state index is 0.214. The van der Waals surface area contributed by atoms with Crippen LogP contribution < -0.4 is 0 Å². The fourth-order valence-electron chi connectivity index (χ4n) is 1.84. The highest BCUT2D eigenvalue weighted by molar-refractivity contribution is 6.49. The molecule has 0 fully saturated rings. The lowest BCUT2D eigenvalue weighted by Gasteiger charge is -2.12. The van der Waals surface area contributed by atoms with Gasteiger partial charge in [-0.05, 0) is 23.3 Å². The third kappa shape index (κ3) is 2.90. The molecule has 0 spiro atoms. The summed E-state index contributed by atoms with van der Waals surface area (Å²) >= 11 is 24.3. The van der Waals surface area contributed by atoms with Gasteiger partial charge in [0.05, 0.1) is 15.1 Å². The first kappa shape index (κ1) is 14.7. The zero-order valence-electron chi connectivity index (χ0n) is 9.59. The molecular weight excluding hydrogens is 326 g/mol. The minimum Gasteiger partial charge on any atom is -0.303 e. The van der Waals surface area contributed by atoms with E-state index >= 15 is 0 Å². The molecule has 2 aromatic rings. The van der Waals surface area contributed by atoms with Crippen LogP contribution in [0.25, 0.3) is 11.1 Å². The lowest BCUT2D eigenvalue weighted by molar-refractivity contribution is -0.107. The van der Waals surface area contributed by atoms with Crippen LogP contribution in [0.3, 0.4) is 0 Å². The number of carbonyl (C=O) groups is 1. The molecule has 2 aromatic carbocycles. The number of hydrogen-bond donors (Lipinski definition) is 0. The Labute approximate surface area is 131 Å². The number of halogens is 4. The molecule has 1 nitrogen and oxygen atoms in total. The Morgan fingerprint density at radius 2 is 1.58 bits per heavy atom. The van der Waals surface area contributed by atoms with E-state index in [9.17, 15) is 4.79 Å². The largest absolute Gasteiger partial charge is 0.303 e. The van der Waals surface area contributed by atoms with Crippen molar-refractivity contribution in [3.63, 3.8) is 0 Å². The maximum Gasteiger partial charge on any atom is 0.124 e. The summed E-state index contributed by atoms with van der Waals surface area (Å²) in [6.45, 7) is 0. The molecule has 0 unspecified atom stereocenters. The predicted molar refractivity (Wildman–Crippen MR) is 81.7 cm³/mol. The van der Waals surface area contributed by atoms with E-state index in [1.807, 2.05) is 6.07 Å². The second kappa shape index (κ2) is 6.15. The normalized spacial score (nSPS) is 10.5. The first-order valence-corrected chi connectivity index (χ1v) is 6.92. The summed E-state index contributed by atoms with van der Waals surface area (Å²) < 4.78 is 0. The van der Waals surface area contributed by atoms with Gasteiger partial charge < -0.3 is 4.79 Å². The van der Waals surface area contributed by atoms with Crippen molar-refractivity contribution in [3.8, 4) is 11.1 Å². The summed E-state index contributed by atoms with van der Waals surface area (Å²) in [5.74, 6) is 0. The van der Waals surface area contributed by atoms with Crippen molar-refractivity contribution in [2.75, 3.05) is 0 Å². The topological polar surface area (TPSA) is 17.1 Å². The summed E-state index contributed by atoms with van der Waals surface area (Å²) in [6, 6.07) is 8.80. The highest BCUT2D eigenvalue weighted by Crippen LogP contribution is 2.40. The number of aldehydes is 1. The maximum atomic E-state index is 10.8. The van der Waals surface area contributed by atoms with Crippen LogP contribution in [0.1, 0.15) is 5.56 Å². The number of hydrogen-bond acceptors (Lipinski definition) is 1. The second-order valence-corrected chi connectivity index (χ2v) is 5.43. The molecule has 0 aliphatic heterocycles. The van der Waals surface area contributed by atoms with E-state index in [1.165, 1.54) is 0 Å². The zero-order valence-corrected chi connectivity index (χ0v) is 12.6. The van der Waals surface area contributed by atoms with E-state index in [1.54, 1.807) is 24.3 Å². The average Bonchev–Trinajstić information content (AvgIpc) is 2.39. The highest BCUT2D eigenvalue weighted by atomic mass is 35.5. The van der Waals surface area contributed by atoms with Crippen LogP contribution in [0.4, 0.5) is 0 Å². The fourth-order valence-corrected chi connectivity index (χ4v) is 2.72. The van der Waals surface area contributed by atoms with Crippen molar-refractivity contribution >= 4 is 52.7 Å². The van der Waals surface area contributed by atoms with Crippen molar-refractivity contribution in [2.24, 2.45) is 0 Å². The van der Waals surface area contributed by atoms with Gasteiger partial charge in [-0.15, -0.1) is 0 Å². The van der Waals surface area contributed by atoms with Gasteiger partial charge >= 0.3 is 0 Å². The van der Waals surface area contributed by atoms with Gasteiger partial charge in [0.1, 0.15) is 6.29 Å². The van der Waals surface area contributed by atoms with E-state index in [0.29, 0.717) is 20.6 Å². The number of carbonyl (C=O) groups excluding carboxylic acids is 1. The summed E-state index contributed by atoms with van der Waals surface area (Å²) in [5.41, 5.74) is 2.21. The first-order chi connectivity index (χ1) is 9.06. The molecule has 0 saturated carbocycles. The summed E-state index contributed by atoms with van der Waals surface area (Å²) in [4.78, 5) is 10.8. The number of benzene rings is 2. The molecule has 19 heavy (non-hydrogen) atoms. The molecule has 0 aromatic heterocycles. The van der Waals surface area contributed by atoms with E-state index < -0.39 is 0 Å². The second-order valence-electron chi connectivity index (χ2n) is 3.86. The molecule has 2 rings (SSSR count). The Balaban J connectivity index is 2.69. The lowest BCUT2D eigenvalue weighted by Crippen LogP contribution is -1.93. The van der Waals surface area contributed by atoms with Gasteiger partial charge in [-0.1, -0.05) is 64.6 Å². The molecule has 0 N–H and O–H groups in total. The molecule has 0 aliphatic carbocycles. The molecule has 5 heteroatoms. The average molecular weight is 334 g/mol. The summed E-state index contributed by atoms with van der Waals surface area (Å²) in [7, 11) is 0. The monoisotopic (exact) mass is 332 g/mol. The summed E-state index contributed by atoms with van der Waals surface area (Å²) in [6.07, 6.45) is 1.02. The maximum absolute atomic E-state index is 10.8. The summed E-state index contributed by atoms with van der Waals surface area (Å²) in [5, 5.41) is 1.54. The highest BCUT2D eigenvalue weighted by Gasteiger charge is 2.14. The van der Waals surface area contributed by atoms with Crippen LogP contribution >= 0.6 is 46.4 Å². The van der Waals surface area contributed by atoms with Crippen molar-refractivity contribution in [3.05, 3.63) is 56.0 Å². The first-order valence-electron chi connectivity index (χ1n) is 5.41. The van der Waals surface area contributed by atoms with Gasteiger partial charge in [0.2, 0.25) is 0 Å². The van der Waals surface area contributed by atoms with Crippen LogP contribution in [0.2, 0.25) is 20.1 Å². The van der Waals surface area contributed by atoms with Crippen molar-refractivity contribution in [1.29, 1.82) is 0 Å². The van der Waals surface area contributed by atoms with Crippen molar-refractivity contribution < 1.29 is 4.79 Å². The van der Waals surface area contributed by atoms with Crippen LogP contribution in [0.15, 0.2) is 30.3 Å². The molecule has 0 aliphatic rings. The number of rotatable bonds is 3. The van der Waals surface area contributed by atoms with Gasteiger partial charge in [-0.3, -0.25) is 0 Å². The Hall–Kier alpha value is -0.730. The third-order valence-corrected chi connectivity index (χ3v) is 4.38. The Kier molecular flexibility index (Phi) is 4.75. The van der Waals surface area contributed by atoms with E-state index in [-0.39, 0.29) is 11.4 Å². The fraction of sp³-hybridized carbons (Fsp3) is 0.0714.